The summed E-state index contributed by atoms with van der Waals surface area (Å²) in [5.74, 6) is 1.02. The number of piperidine rings is 1. The molecule has 1 amide bonds. The lowest BCUT2D eigenvalue weighted by Gasteiger charge is -2.40. The first kappa shape index (κ1) is 16.7. The second-order valence-electron chi connectivity index (χ2n) is 6.57. The molecular weight excluding hydrogens is 302 g/mol. The summed E-state index contributed by atoms with van der Waals surface area (Å²) in [6.07, 6.45) is 5.22. The number of anilines is 1. The molecule has 0 bridgehead atoms. The van der Waals surface area contributed by atoms with Crippen LogP contribution < -0.4 is 4.90 Å². The summed E-state index contributed by atoms with van der Waals surface area (Å²) in [6, 6.07) is 5.74. The van der Waals surface area contributed by atoms with Gasteiger partial charge in [-0.1, -0.05) is 0 Å². The van der Waals surface area contributed by atoms with Gasteiger partial charge in [0, 0.05) is 45.5 Å². The molecule has 3 rings (SSSR count). The van der Waals surface area contributed by atoms with Gasteiger partial charge in [0.15, 0.2) is 0 Å². The smallest absolute Gasteiger partial charge is 0.239 e. The third-order valence-corrected chi connectivity index (χ3v) is 5.09. The van der Waals surface area contributed by atoms with Crippen molar-refractivity contribution in [2.75, 3.05) is 44.2 Å². The molecule has 1 aromatic rings. The first-order chi connectivity index (χ1) is 11.7. The Kier molecular flexibility index (Phi) is 5.31. The Bertz CT molecular complexity index is 612. The molecule has 0 spiro atoms. The molecule has 0 unspecified atom stereocenters. The zero-order valence-corrected chi connectivity index (χ0v) is 14.3. The monoisotopic (exact) mass is 327 g/mol. The van der Waals surface area contributed by atoms with E-state index in [1.807, 2.05) is 11.8 Å². The molecule has 0 N–H and O–H groups in total. The minimum Gasteiger partial charge on any atom is -0.353 e. The number of carbonyl (C=O) groups excluding carboxylic acids is 1. The number of aromatic nitrogens is 1. The van der Waals surface area contributed by atoms with Crippen LogP contribution in [0.25, 0.3) is 0 Å². The van der Waals surface area contributed by atoms with Gasteiger partial charge >= 0.3 is 0 Å². The SMILES string of the molecule is C[C@H](C(=O)N1CCCCC1)N1CCN(c2ncccc2C#N)CC1. The van der Waals surface area contributed by atoms with Gasteiger partial charge in [-0.25, -0.2) is 4.98 Å². The molecule has 0 aromatic carbocycles. The number of pyridine rings is 1. The van der Waals surface area contributed by atoms with Gasteiger partial charge < -0.3 is 9.80 Å². The van der Waals surface area contributed by atoms with Gasteiger partial charge in [-0.15, -0.1) is 0 Å². The summed E-state index contributed by atoms with van der Waals surface area (Å²) in [5.41, 5.74) is 0.614. The van der Waals surface area contributed by atoms with Gasteiger partial charge in [-0.2, -0.15) is 5.26 Å². The predicted molar refractivity (Wildman–Crippen MR) is 92.6 cm³/mol. The third kappa shape index (κ3) is 3.51. The lowest BCUT2D eigenvalue weighted by atomic mass is 10.1. The van der Waals surface area contributed by atoms with Gasteiger partial charge in [0.05, 0.1) is 11.6 Å². The van der Waals surface area contributed by atoms with Crippen LogP contribution in [0.3, 0.4) is 0 Å². The van der Waals surface area contributed by atoms with Gasteiger partial charge in [0.25, 0.3) is 0 Å². The van der Waals surface area contributed by atoms with E-state index in [2.05, 4.69) is 20.9 Å². The van der Waals surface area contributed by atoms with Crippen LogP contribution in [0.1, 0.15) is 31.7 Å². The molecule has 2 aliphatic heterocycles. The van der Waals surface area contributed by atoms with E-state index in [1.54, 1.807) is 18.3 Å². The minimum absolute atomic E-state index is 0.0654. The average Bonchev–Trinajstić information content (AvgIpc) is 2.67. The van der Waals surface area contributed by atoms with E-state index in [0.29, 0.717) is 5.56 Å². The standard InChI is InChI=1S/C18H25N5O/c1-15(18(24)23-8-3-2-4-9-23)21-10-12-22(13-11-21)17-16(14-19)6-5-7-20-17/h5-7,15H,2-4,8-13H2,1H3/t15-/m1/s1. The zero-order valence-electron chi connectivity index (χ0n) is 14.3. The van der Waals surface area contributed by atoms with Gasteiger partial charge in [-0.3, -0.25) is 9.69 Å². The fraction of sp³-hybridized carbons (Fsp3) is 0.611. The number of hydrogen-bond donors (Lipinski definition) is 0. The maximum Gasteiger partial charge on any atom is 0.239 e. The van der Waals surface area contributed by atoms with Crippen LogP contribution in [0, 0.1) is 11.3 Å². The van der Waals surface area contributed by atoms with E-state index < -0.39 is 0 Å². The molecule has 0 aliphatic carbocycles. The Balaban J connectivity index is 1.58. The summed E-state index contributed by atoms with van der Waals surface area (Å²) in [7, 11) is 0. The zero-order chi connectivity index (χ0) is 16.9. The van der Waals surface area contributed by atoms with E-state index in [9.17, 15) is 10.1 Å². The van der Waals surface area contributed by atoms with Crippen molar-refractivity contribution in [3.05, 3.63) is 23.9 Å². The number of carbonyl (C=O) groups is 1. The van der Waals surface area contributed by atoms with Crippen LogP contribution in [0.2, 0.25) is 0 Å². The highest BCUT2D eigenvalue weighted by Gasteiger charge is 2.30. The predicted octanol–water partition coefficient (Wildman–Crippen LogP) is 1.48. The van der Waals surface area contributed by atoms with Crippen LogP contribution in [0.4, 0.5) is 5.82 Å². The van der Waals surface area contributed by atoms with Crippen LogP contribution in [0.15, 0.2) is 18.3 Å². The molecule has 2 aliphatic rings. The number of rotatable bonds is 3. The molecule has 6 heteroatoms. The Morgan fingerprint density at radius 2 is 1.88 bits per heavy atom. The average molecular weight is 327 g/mol. The van der Waals surface area contributed by atoms with Crippen LogP contribution in [-0.2, 0) is 4.79 Å². The minimum atomic E-state index is -0.0654. The first-order valence-electron chi connectivity index (χ1n) is 8.83. The number of nitrogens with zero attached hydrogens (tertiary/aromatic N) is 5. The molecule has 1 aromatic heterocycles. The normalized spacial score (nSPS) is 20.5. The lowest BCUT2D eigenvalue weighted by Crippen LogP contribution is -2.55. The Morgan fingerprint density at radius 3 is 2.54 bits per heavy atom. The van der Waals surface area contributed by atoms with E-state index in [1.165, 1.54) is 6.42 Å². The maximum absolute atomic E-state index is 12.7. The van der Waals surface area contributed by atoms with Crippen molar-refractivity contribution in [2.24, 2.45) is 0 Å². The molecule has 0 radical (unpaired) electrons. The molecule has 1 atom stereocenters. The van der Waals surface area contributed by atoms with Gasteiger partial charge in [0.1, 0.15) is 11.9 Å². The van der Waals surface area contributed by atoms with E-state index >= 15 is 0 Å². The van der Waals surface area contributed by atoms with E-state index in [4.69, 9.17) is 0 Å². The molecule has 0 saturated carbocycles. The number of likely N-dealkylation sites (tertiary alicyclic amines) is 1. The Hall–Kier alpha value is -2.13. The fourth-order valence-electron chi connectivity index (χ4n) is 3.59. The van der Waals surface area contributed by atoms with Crippen molar-refractivity contribution in [3.63, 3.8) is 0 Å². The van der Waals surface area contributed by atoms with Crippen molar-refractivity contribution >= 4 is 11.7 Å². The summed E-state index contributed by atoms with van der Waals surface area (Å²) in [4.78, 5) is 23.4. The summed E-state index contributed by atoms with van der Waals surface area (Å²) in [5, 5.41) is 9.23. The van der Waals surface area contributed by atoms with E-state index in [0.717, 1.165) is 57.9 Å². The van der Waals surface area contributed by atoms with Crippen molar-refractivity contribution in [1.29, 1.82) is 5.26 Å². The topological polar surface area (TPSA) is 63.5 Å². The second-order valence-corrected chi connectivity index (χ2v) is 6.57. The molecule has 2 saturated heterocycles. The largest absolute Gasteiger partial charge is 0.353 e. The molecule has 128 valence electrons. The number of amides is 1. The van der Waals surface area contributed by atoms with Crippen molar-refractivity contribution < 1.29 is 4.79 Å². The van der Waals surface area contributed by atoms with Crippen LogP contribution in [-0.4, -0.2) is 66.0 Å². The second kappa shape index (κ2) is 7.63. The highest BCUT2D eigenvalue weighted by Crippen LogP contribution is 2.19. The maximum atomic E-state index is 12.7. The quantitative estimate of drug-likeness (QED) is 0.841. The van der Waals surface area contributed by atoms with E-state index in [-0.39, 0.29) is 11.9 Å². The Labute approximate surface area is 143 Å². The molecular formula is C18H25N5O. The summed E-state index contributed by atoms with van der Waals surface area (Å²) < 4.78 is 0. The van der Waals surface area contributed by atoms with Crippen molar-refractivity contribution in [1.82, 2.24) is 14.8 Å². The van der Waals surface area contributed by atoms with Crippen LogP contribution in [0.5, 0.6) is 0 Å². The fourth-order valence-corrected chi connectivity index (χ4v) is 3.59. The first-order valence-corrected chi connectivity index (χ1v) is 8.83. The number of nitriles is 1. The summed E-state index contributed by atoms with van der Waals surface area (Å²) in [6.45, 7) is 7.07. The lowest BCUT2D eigenvalue weighted by molar-refractivity contribution is -0.137. The molecule has 3 heterocycles. The third-order valence-electron chi connectivity index (χ3n) is 5.09. The van der Waals surface area contributed by atoms with Crippen molar-refractivity contribution in [2.45, 2.75) is 32.2 Å². The summed E-state index contributed by atoms with van der Waals surface area (Å²) >= 11 is 0. The van der Waals surface area contributed by atoms with Crippen molar-refractivity contribution in [3.8, 4) is 6.07 Å². The van der Waals surface area contributed by atoms with Gasteiger partial charge in [-0.05, 0) is 38.3 Å². The Morgan fingerprint density at radius 1 is 1.17 bits per heavy atom. The highest BCUT2D eigenvalue weighted by molar-refractivity contribution is 5.81. The van der Waals surface area contributed by atoms with Gasteiger partial charge in [0.2, 0.25) is 5.91 Å². The highest BCUT2D eigenvalue weighted by atomic mass is 16.2. The number of piperazine rings is 1. The molecule has 2 fully saturated rings. The molecule has 24 heavy (non-hydrogen) atoms. The number of hydrogen-bond acceptors (Lipinski definition) is 5. The molecule has 6 nitrogen and oxygen atoms in total. The van der Waals surface area contributed by atoms with Crippen LogP contribution >= 0.6 is 0 Å².